The van der Waals surface area contributed by atoms with Crippen LogP contribution in [0.3, 0.4) is 0 Å². The molecule has 0 aliphatic rings. The molecule has 1 N–H and O–H groups in total. The number of halogens is 1. The van der Waals surface area contributed by atoms with E-state index in [9.17, 15) is 9.50 Å². The summed E-state index contributed by atoms with van der Waals surface area (Å²) >= 11 is 0. The molecule has 1 heterocycles. The molecule has 0 saturated heterocycles. The first-order valence-corrected chi connectivity index (χ1v) is 5.35. The van der Waals surface area contributed by atoms with Gasteiger partial charge in [-0.1, -0.05) is 20.8 Å². The number of aliphatic hydroxyl groups excluding tert-OH is 1. The predicted molar refractivity (Wildman–Crippen MR) is 58.1 cm³/mol. The Labute approximate surface area is 90.2 Å². The number of aliphatic hydroxyl groups is 1. The molecule has 0 aliphatic carbocycles. The fourth-order valence-corrected chi connectivity index (χ4v) is 1.70. The molecule has 0 amide bonds. The highest BCUT2D eigenvalue weighted by atomic mass is 19.1. The maximum absolute atomic E-state index is 12.7. The molecule has 2 nitrogen and oxygen atoms in total. The van der Waals surface area contributed by atoms with Crippen molar-refractivity contribution in [3.05, 3.63) is 29.8 Å². The molecule has 15 heavy (non-hydrogen) atoms. The van der Waals surface area contributed by atoms with Gasteiger partial charge in [0.2, 0.25) is 0 Å². The van der Waals surface area contributed by atoms with Crippen LogP contribution in [-0.4, -0.2) is 16.2 Å². The van der Waals surface area contributed by atoms with Crippen LogP contribution in [0.15, 0.2) is 18.3 Å². The summed E-state index contributed by atoms with van der Waals surface area (Å²) in [6.45, 7) is 5.94. The molecule has 0 saturated carbocycles. The van der Waals surface area contributed by atoms with Crippen LogP contribution < -0.4 is 0 Å². The van der Waals surface area contributed by atoms with Crippen molar-refractivity contribution in [3.63, 3.8) is 0 Å². The van der Waals surface area contributed by atoms with Crippen molar-refractivity contribution in [1.82, 2.24) is 4.98 Å². The largest absolute Gasteiger partial charge is 0.392 e. The van der Waals surface area contributed by atoms with Crippen LogP contribution in [0.25, 0.3) is 0 Å². The molecule has 0 aliphatic heterocycles. The summed E-state index contributed by atoms with van der Waals surface area (Å²) in [7, 11) is 0. The van der Waals surface area contributed by atoms with E-state index in [4.69, 9.17) is 0 Å². The lowest BCUT2D eigenvalue weighted by atomic mass is 9.88. The second-order valence-electron chi connectivity index (χ2n) is 4.15. The smallest absolute Gasteiger partial charge is 0.141 e. The third kappa shape index (κ3) is 2.99. The Kier molecular flexibility index (Phi) is 4.21. The van der Waals surface area contributed by atoms with E-state index in [1.807, 2.05) is 20.8 Å². The fraction of sp³-hybridized carbons (Fsp3) is 0.583. The Hall–Kier alpha value is -0.960. The van der Waals surface area contributed by atoms with Crippen molar-refractivity contribution >= 4 is 0 Å². The summed E-state index contributed by atoms with van der Waals surface area (Å²) in [5.74, 6) is -0.167. The molecule has 2 unspecified atom stereocenters. The van der Waals surface area contributed by atoms with Crippen LogP contribution in [0.2, 0.25) is 0 Å². The quantitative estimate of drug-likeness (QED) is 0.830. The molecule has 1 rings (SSSR count). The minimum atomic E-state index is -0.423. The third-order valence-electron chi connectivity index (χ3n) is 2.67. The summed E-state index contributed by atoms with van der Waals surface area (Å²) in [4.78, 5) is 4.02. The molecule has 0 spiro atoms. The SMILES string of the molecule is CCC(c1ccc(F)cn1)C(O)C(C)C. The van der Waals surface area contributed by atoms with Gasteiger partial charge in [0.15, 0.2) is 0 Å². The molecular weight excluding hydrogens is 193 g/mol. The molecule has 0 bridgehead atoms. The van der Waals surface area contributed by atoms with Crippen LogP contribution in [0.1, 0.15) is 38.8 Å². The summed E-state index contributed by atoms with van der Waals surface area (Å²) in [5.41, 5.74) is 0.764. The zero-order chi connectivity index (χ0) is 11.4. The second-order valence-corrected chi connectivity index (χ2v) is 4.15. The Bertz CT molecular complexity index is 297. The number of hydrogen-bond donors (Lipinski definition) is 1. The van der Waals surface area contributed by atoms with Crippen molar-refractivity contribution in [1.29, 1.82) is 0 Å². The number of rotatable bonds is 4. The Morgan fingerprint density at radius 3 is 2.47 bits per heavy atom. The van der Waals surface area contributed by atoms with Crippen molar-refractivity contribution in [2.24, 2.45) is 5.92 Å². The average molecular weight is 211 g/mol. The van der Waals surface area contributed by atoms with Crippen molar-refractivity contribution in [2.75, 3.05) is 0 Å². The highest BCUT2D eigenvalue weighted by molar-refractivity contribution is 5.12. The lowest BCUT2D eigenvalue weighted by Gasteiger charge is -2.24. The monoisotopic (exact) mass is 211 g/mol. The van der Waals surface area contributed by atoms with Gasteiger partial charge in [-0.3, -0.25) is 4.98 Å². The van der Waals surface area contributed by atoms with Gasteiger partial charge >= 0.3 is 0 Å². The van der Waals surface area contributed by atoms with Gasteiger partial charge in [0.25, 0.3) is 0 Å². The van der Waals surface area contributed by atoms with Crippen LogP contribution in [0.4, 0.5) is 4.39 Å². The lowest BCUT2D eigenvalue weighted by molar-refractivity contribution is 0.0928. The molecule has 0 fully saturated rings. The number of nitrogens with zero attached hydrogens (tertiary/aromatic N) is 1. The van der Waals surface area contributed by atoms with E-state index < -0.39 is 6.10 Å². The van der Waals surface area contributed by atoms with Crippen molar-refractivity contribution < 1.29 is 9.50 Å². The highest BCUT2D eigenvalue weighted by Crippen LogP contribution is 2.25. The molecular formula is C12H18FNO. The van der Waals surface area contributed by atoms with Gasteiger partial charge in [-0.15, -0.1) is 0 Å². The van der Waals surface area contributed by atoms with Crippen LogP contribution in [-0.2, 0) is 0 Å². The first-order chi connectivity index (χ1) is 7.06. The summed E-state index contributed by atoms with van der Waals surface area (Å²) in [5, 5.41) is 9.98. The fourth-order valence-electron chi connectivity index (χ4n) is 1.70. The zero-order valence-corrected chi connectivity index (χ0v) is 9.44. The normalized spacial score (nSPS) is 15.3. The van der Waals surface area contributed by atoms with E-state index in [0.717, 1.165) is 12.1 Å². The standard InChI is InChI=1S/C12H18FNO/c1-4-10(12(15)8(2)3)11-6-5-9(13)7-14-11/h5-8,10,12,15H,4H2,1-3H3. The molecule has 0 radical (unpaired) electrons. The first-order valence-electron chi connectivity index (χ1n) is 5.35. The summed E-state index contributed by atoms with van der Waals surface area (Å²) < 4.78 is 12.7. The van der Waals surface area contributed by atoms with Gasteiger partial charge in [0.05, 0.1) is 12.3 Å². The summed E-state index contributed by atoms with van der Waals surface area (Å²) in [6.07, 6.45) is 1.58. The predicted octanol–water partition coefficient (Wildman–Crippen LogP) is 2.73. The van der Waals surface area contributed by atoms with Gasteiger partial charge < -0.3 is 5.11 Å². The Morgan fingerprint density at radius 2 is 2.07 bits per heavy atom. The van der Waals surface area contributed by atoms with E-state index in [1.54, 1.807) is 6.07 Å². The number of aromatic nitrogens is 1. The van der Waals surface area contributed by atoms with Crippen LogP contribution >= 0.6 is 0 Å². The Balaban J connectivity index is 2.87. The van der Waals surface area contributed by atoms with Crippen LogP contribution in [0, 0.1) is 11.7 Å². The second kappa shape index (κ2) is 5.21. The van der Waals surface area contributed by atoms with Gasteiger partial charge in [-0.25, -0.2) is 4.39 Å². The highest BCUT2D eigenvalue weighted by Gasteiger charge is 2.23. The maximum atomic E-state index is 12.7. The van der Waals surface area contributed by atoms with E-state index in [1.165, 1.54) is 12.3 Å². The van der Waals surface area contributed by atoms with Crippen LogP contribution in [0.5, 0.6) is 0 Å². The van der Waals surface area contributed by atoms with E-state index in [0.29, 0.717) is 0 Å². The molecule has 1 aromatic rings. The molecule has 0 aromatic carbocycles. The lowest BCUT2D eigenvalue weighted by Crippen LogP contribution is -2.24. The molecule has 3 heteroatoms. The third-order valence-corrected chi connectivity index (χ3v) is 2.67. The van der Waals surface area contributed by atoms with E-state index in [2.05, 4.69) is 4.98 Å². The van der Waals surface area contributed by atoms with Crippen molar-refractivity contribution in [2.45, 2.75) is 39.2 Å². The zero-order valence-electron chi connectivity index (χ0n) is 9.44. The minimum Gasteiger partial charge on any atom is -0.392 e. The van der Waals surface area contributed by atoms with Gasteiger partial charge in [0.1, 0.15) is 5.82 Å². The van der Waals surface area contributed by atoms with Gasteiger partial charge in [-0.05, 0) is 24.5 Å². The maximum Gasteiger partial charge on any atom is 0.141 e. The van der Waals surface area contributed by atoms with Gasteiger partial charge in [0, 0.05) is 11.6 Å². The van der Waals surface area contributed by atoms with Gasteiger partial charge in [-0.2, -0.15) is 0 Å². The number of hydrogen-bond acceptors (Lipinski definition) is 2. The molecule has 2 atom stereocenters. The Morgan fingerprint density at radius 1 is 1.40 bits per heavy atom. The average Bonchev–Trinajstić information content (AvgIpc) is 2.21. The molecule has 84 valence electrons. The van der Waals surface area contributed by atoms with E-state index in [-0.39, 0.29) is 17.7 Å². The topological polar surface area (TPSA) is 33.1 Å². The van der Waals surface area contributed by atoms with Crippen molar-refractivity contribution in [3.8, 4) is 0 Å². The first kappa shape index (κ1) is 12.1. The van der Waals surface area contributed by atoms with E-state index >= 15 is 0 Å². The summed E-state index contributed by atoms with van der Waals surface area (Å²) in [6, 6.07) is 3.03. The molecule has 1 aromatic heterocycles. The minimum absolute atomic E-state index is 0.00870. The number of pyridine rings is 1.